The zero-order chi connectivity index (χ0) is 7.52. The Balaban J connectivity index is 1.57. The van der Waals surface area contributed by atoms with E-state index in [9.17, 15) is 0 Å². The quantitative estimate of drug-likeness (QED) is 0.684. The molecule has 1 atom stereocenters. The lowest BCUT2D eigenvalue weighted by Crippen LogP contribution is -2.49. The van der Waals surface area contributed by atoms with Crippen LogP contribution in [0.3, 0.4) is 0 Å². The minimum absolute atomic E-state index is 0.524. The molecule has 2 saturated heterocycles. The van der Waals surface area contributed by atoms with Gasteiger partial charge in [0.15, 0.2) is 0 Å². The molecule has 3 heteroatoms. The van der Waals surface area contributed by atoms with Gasteiger partial charge in [-0.25, -0.2) is 0 Å². The molecule has 2 aliphatic heterocycles. The fraction of sp³-hybridized carbons (Fsp3) is 1.00. The monoisotopic (exact) mass is 173 g/mol. The second-order valence-electron chi connectivity index (χ2n) is 3.25. The lowest BCUT2D eigenvalue weighted by Gasteiger charge is -2.28. The van der Waals surface area contributed by atoms with Crippen molar-refractivity contribution in [3.05, 3.63) is 0 Å². The molecule has 64 valence electrons. The van der Waals surface area contributed by atoms with Crippen LogP contribution in [-0.2, 0) is 4.74 Å². The highest BCUT2D eigenvalue weighted by Crippen LogP contribution is 2.26. The lowest BCUT2D eigenvalue weighted by atomic mass is 10.2. The summed E-state index contributed by atoms with van der Waals surface area (Å²) in [6.07, 6.45) is 3.28. The minimum Gasteiger partial charge on any atom is -0.374 e. The van der Waals surface area contributed by atoms with Crippen molar-refractivity contribution in [3.8, 4) is 0 Å². The third-order valence-electron chi connectivity index (χ3n) is 2.29. The number of nitrogens with one attached hydrogen (secondary N) is 1. The Bertz CT molecular complexity index is 121. The van der Waals surface area contributed by atoms with E-state index in [1.54, 1.807) is 0 Å². The van der Waals surface area contributed by atoms with Crippen molar-refractivity contribution in [1.82, 2.24) is 5.32 Å². The summed E-state index contributed by atoms with van der Waals surface area (Å²) in [7, 11) is 0. The molecule has 2 fully saturated rings. The summed E-state index contributed by atoms with van der Waals surface area (Å²) in [5.41, 5.74) is 0. The van der Waals surface area contributed by atoms with Crippen molar-refractivity contribution in [3.63, 3.8) is 0 Å². The summed E-state index contributed by atoms with van der Waals surface area (Å²) in [4.78, 5) is 0. The largest absolute Gasteiger partial charge is 0.374 e. The Hall–Kier alpha value is 0.270. The fourth-order valence-electron chi connectivity index (χ4n) is 1.40. The van der Waals surface area contributed by atoms with Gasteiger partial charge >= 0.3 is 0 Å². The van der Waals surface area contributed by atoms with E-state index in [1.165, 1.54) is 18.6 Å². The lowest BCUT2D eigenvalue weighted by molar-refractivity contribution is 0.0198. The molecule has 2 rings (SSSR count). The minimum atomic E-state index is 0.524. The highest BCUT2D eigenvalue weighted by molar-refractivity contribution is 8.00. The predicted molar refractivity (Wildman–Crippen MR) is 48.1 cm³/mol. The van der Waals surface area contributed by atoms with Crippen LogP contribution in [0.4, 0.5) is 0 Å². The highest BCUT2D eigenvalue weighted by Gasteiger charge is 2.21. The van der Waals surface area contributed by atoms with E-state index in [2.05, 4.69) is 17.1 Å². The third kappa shape index (κ3) is 2.10. The van der Waals surface area contributed by atoms with Crippen molar-refractivity contribution >= 4 is 11.8 Å². The third-order valence-corrected chi connectivity index (χ3v) is 3.65. The average molecular weight is 173 g/mol. The Morgan fingerprint density at radius 2 is 2.36 bits per heavy atom. The van der Waals surface area contributed by atoms with Gasteiger partial charge in [-0.2, -0.15) is 11.8 Å². The fourth-order valence-corrected chi connectivity index (χ4v) is 2.57. The maximum absolute atomic E-state index is 5.68. The van der Waals surface area contributed by atoms with Crippen molar-refractivity contribution in [2.75, 3.05) is 25.4 Å². The SMILES string of the molecule is C1CSC(COC2CNC2)C1. The molecule has 0 saturated carbocycles. The summed E-state index contributed by atoms with van der Waals surface area (Å²) in [6, 6.07) is 0. The van der Waals surface area contributed by atoms with Crippen LogP contribution in [0.15, 0.2) is 0 Å². The molecule has 0 aromatic heterocycles. The van der Waals surface area contributed by atoms with Crippen LogP contribution in [0.25, 0.3) is 0 Å². The van der Waals surface area contributed by atoms with Gasteiger partial charge in [-0.3, -0.25) is 0 Å². The smallest absolute Gasteiger partial charge is 0.0824 e. The highest BCUT2D eigenvalue weighted by atomic mass is 32.2. The predicted octanol–water partition coefficient (Wildman–Crippen LogP) is 0.870. The van der Waals surface area contributed by atoms with Gasteiger partial charge in [0, 0.05) is 18.3 Å². The molecule has 11 heavy (non-hydrogen) atoms. The Morgan fingerprint density at radius 1 is 1.45 bits per heavy atom. The molecule has 0 aromatic rings. The second-order valence-corrected chi connectivity index (χ2v) is 4.66. The van der Waals surface area contributed by atoms with Gasteiger partial charge in [0.25, 0.3) is 0 Å². The maximum atomic E-state index is 5.68. The van der Waals surface area contributed by atoms with Gasteiger partial charge in [0.05, 0.1) is 12.7 Å². The summed E-state index contributed by atoms with van der Waals surface area (Å²) in [5, 5.41) is 4.01. The summed E-state index contributed by atoms with van der Waals surface area (Å²) in [5.74, 6) is 1.34. The first-order valence-corrected chi connectivity index (χ1v) is 5.44. The number of thioether (sulfide) groups is 1. The standard InChI is InChI=1S/C8H15NOS/c1-2-8(11-3-1)6-10-7-4-9-5-7/h7-9H,1-6H2. The van der Waals surface area contributed by atoms with E-state index >= 15 is 0 Å². The summed E-state index contributed by atoms with van der Waals surface area (Å²) in [6.45, 7) is 3.12. The van der Waals surface area contributed by atoms with Crippen molar-refractivity contribution in [2.24, 2.45) is 0 Å². The zero-order valence-electron chi connectivity index (χ0n) is 6.71. The number of rotatable bonds is 3. The average Bonchev–Trinajstić information content (AvgIpc) is 2.36. The molecule has 2 heterocycles. The Labute approximate surface area is 72.1 Å². The molecule has 0 radical (unpaired) electrons. The van der Waals surface area contributed by atoms with Crippen LogP contribution in [0.2, 0.25) is 0 Å². The molecule has 0 bridgehead atoms. The van der Waals surface area contributed by atoms with Crippen LogP contribution in [0.1, 0.15) is 12.8 Å². The first-order chi connectivity index (χ1) is 5.45. The van der Waals surface area contributed by atoms with Crippen LogP contribution in [-0.4, -0.2) is 36.8 Å². The van der Waals surface area contributed by atoms with Crippen LogP contribution in [0.5, 0.6) is 0 Å². The Kier molecular flexibility index (Phi) is 2.72. The maximum Gasteiger partial charge on any atom is 0.0824 e. The molecule has 1 unspecified atom stereocenters. The van der Waals surface area contributed by atoms with Gasteiger partial charge in [0.1, 0.15) is 0 Å². The zero-order valence-corrected chi connectivity index (χ0v) is 7.53. The van der Waals surface area contributed by atoms with E-state index < -0.39 is 0 Å². The van der Waals surface area contributed by atoms with Crippen LogP contribution in [0, 0.1) is 0 Å². The summed E-state index contributed by atoms with van der Waals surface area (Å²) < 4.78 is 5.68. The Morgan fingerprint density at radius 3 is 2.91 bits per heavy atom. The van der Waals surface area contributed by atoms with Crippen molar-refractivity contribution in [1.29, 1.82) is 0 Å². The summed E-state index contributed by atoms with van der Waals surface area (Å²) >= 11 is 2.07. The number of hydrogen-bond acceptors (Lipinski definition) is 3. The van der Waals surface area contributed by atoms with Crippen LogP contribution < -0.4 is 5.32 Å². The van der Waals surface area contributed by atoms with E-state index in [0.717, 1.165) is 24.9 Å². The first-order valence-electron chi connectivity index (χ1n) is 4.39. The van der Waals surface area contributed by atoms with Gasteiger partial charge in [-0.15, -0.1) is 0 Å². The molecule has 2 nitrogen and oxygen atoms in total. The van der Waals surface area contributed by atoms with Gasteiger partial charge in [-0.05, 0) is 18.6 Å². The van der Waals surface area contributed by atoms with Crippen molar-refractivity contribution in [2.45, 2.75) is 24.2 Å². The first kappa shape index (κ1) is 7.90. The molecule has 0 amide bonds. The normalized spacial score (nSPS) is 32.2. The van der Waals surface area contributed by atoms with Gasteiger partial charge in [-0.1, -0.05) is 0 Å². The molecule has 1 N–H and O–H groups in total. The molecule has 0 aromatic carbocycles. The van der Waals surface area contributed by atoms with Crippen molar-refractivity contribution < 1.29 is 4.74 Å². The molecular weight excluding hydrogens is 158 g/mol. The number of ether oxygens (including phenoxy) is 1. The van der Waals surface area contributed by atoms with E-state index in [0.29, 0.717) is 6.10 Å². The second kappa shape index (κ2) is 3.78. The van der Waals surface area contributed by atoms with Gasteiger partial charge in [0.2, 0.25) is 0 Å². The molecular formula is C8H15NOS. The topological polar surface area (TPSA) is 21.3 Å². The van der Waals surface area contributed by atoms with Gasteiger partial charge < -0.3 is 10.1 Å². The molecule has 0 aliphatic carbocycles. The van der Waals surface area contributed by atoms with E-state index in [1.807, 2.05) is 0 Å². The number of hydrogen-bond donors (Lipinski definition) is 1. The van der Waals surface area contributed by atoms with E-state index in [4.69, 9.17) is 4.74 Å². The van der Waals surface area contributed by atoms with Crippen LogP contribution >= 0.6 is 11.8 Å². The molecule has 0 spiro atoms. The van der Waals surface area contributed by atoms with E-state index in [-0.39, 0.29) is 0 Å². The molecule has 2 aliphatic rings.